The Balaban J connectivity index is 0.930. The van der Waals surface area contributed by atoms with Gasteiger partial charge in [-0.25, -0.2) is 9.67 Å². The monoisotopic (exact) mass is 647 g/mol. The molecule has 2 saturated heterocycles. The molecule has 0 spiro atoms. The second kappa shape index (κ2) is 12.7. The van der Waals surface area contributed by atoms with Crippen LogP contribution in [0.3, 0.4) is 0 Å². The van der Waals surface area contributed by atoms with Crippen LogP contribution in [0.1, 0.15) is 5.56 Å². The second-order valence-corrected chi connectivity index (χ2v) is 11.9. The van der Waals surface area contributed by atoms with E-state index in [0.717, 1.165) is 49.0 Å². The summed E-state index contributed by atoms with van der Waals surface area (Å²) in [7, 11) is 0. The number of ether oxygens (including phenoxy) is 3. The van der Waals surface area contributed by atoms with E-state index in [1.165, 1.54) is 6.33 Å². The van der Waals surface area contributed by atoms with Crippen LogP contribution < -0.4 is 19.4 Å². The SMILES string of the molecule is O=C1CN=CN1c1ccc(N2CCN(c3ccc(OCC4COC(Cn5cncn5)(c5ccc(Cl)cc5Cl)O4)cc3)CC2)cc1. The lowest BCUT2D eigenvalue weighted by molar-refractivity contribution is -0.190. The molecular weight excluding hydrogens is 617 g/mol. The van der Waals surface area contributed by atoms with Gasteiger partial charge in [-0.2, -0.15) is 5.10 Å². The normalized spacial score (nSPS) is 21.6. The molecule has 3 aliphatic heterocycles. The fraction of sp³-hybridized carbons (Fsp3) is 0.312. The number of hydrogen-bond donors (Lipinski definition) is 0. The third kappa shape index (κ3) is 6.34. The van der Waals surface area contributed by atoms with Gasteiger partial charge in [0.15, 0.2) is 0 Å². The molecule has 7 rings (SSSR count). The Kier molecular flexibility index (Phi) is 8.33. The van der Waals surface area contributed by atoms with Crippen molar-refractivity contribution in [3.63, 3.8) is 0 Å². The molecule has 0 aliphatic carbocycles. The van der Waals surface area contributed by atoms with Gasteiger partial charge in [0.2, 0.25) is 5.79 Å². The number of carbonyl (C=O) groups excluding carboxylic acids is 1. The van der Waals surface area contributed by atoms with Crippen molar-refractivity contribution in [1.82, 2.24) is 14.8 Å². The van der Waals surface area contributed by atoms with Crippen molar-refractivity contribution in [2.45, 2.75) is 18.4 Å². The number of aromatic nitrogens is 3. The van der Waals surface area contributed by atoms with E-state index in [1.807, 2.05) is 30.3 Å². The average Bonchev–Trinajstić information content (AvgIpc) is 3.83. The standard InChI is InChI=1S/C32H31Cl2N7O4/c33-23-1-10-29(30(34)15-23)32(19-40-21-36-20-37-40)44-18-28(45-32)17-43-27-8-6-25(7-9-27)39-13-11-38(12-14-39)24-2-4-26(5-3-24)41-22-35-16-31(41)42/h1-10,15,20-22,28H,11-14,16-19H2. The Bertz CT molecular complexity index is 1660. The van der Waals surface area contributed by atoms with Crippen molar-refractivity contribution in [3.8, 4) is 5.75 Å². The van der Waals surface area contributed by atoms with Crippen molar-refractivity contribution in [2.24, 2.45) is 4.99 Å². The van der Waals surface area contributed by atoms with Crippen LogP contribution in [0.5, 0.6) is 5.75 Å². The van der Waals surface area contributed by atoms with E-state index in [0.29, 0.717) is 28.8 Å². The number of halogens is 2. The summed E-state index contributed by atoms with van der Waals surface area (Å²) in [6, 6.07) is 21.5. The molecule has 13 heteroatoms. The maximum Gasteiger partial charge on any atom is 0.253 e. The quantitative estimate of drug-likeness (QED) is 0.259. The van der Waals surface area contributed by atoms with E-state index in [1.54, 1.807) is 34.4 Å². The fourth-order valence-corrected chi connectivity index (χ4v) is 6.38. The molecular formula is C32H31Cl2N7O4. The number of amides is 1. The van der Waals surface area contributed by atoms with E-state index in [2.05, 4.69) is 49.1 Å². The summed E-state index contributed by atoms with van der Waals surface area (Å²) in [5, 5.41) is 5.20. The summed E-state index contributed by atoms with van der Waals surface area (Å²) < 4.78 is 20.5. The maximum atomic E-state index is 11.9. The lowest BCUT2D eigenvalue weighted by Crippen LogP contribution is -2.46. The molecule has 2 atom stereocenters. The number of nitrogens with zero attached hydrogens (tertiary/aromatic N) is 7. The highest BCUT2D eigenvalue weighted by Gasteiger charge is 2.45. The number of benzene rings is 3. The summed E-state index contributed by atoms with van der Waals surface area (Å²) in [4.78, 5) is 26.4. The summed E-state index contributed by atoms with van der Waals surface area (Å²) in [6.45, 7) is 4.70. The molecule has 3 aromatic carbocycles. The minimum atomic E-state index is -1.15. The first-order valence-corrected chi connectivity index (χ1v) is 15.5. The zero-order chi connectivity index (χ0) is 30.8. The van der Waals surface area contributed by atoms with Crippen molar-refractivity contribution in [2.75, 3.05) is 60.6 Å². The molecule has 4 heterocycles. The summed E-state index contributed by atoms with van der Waals surface area (Å²) in [6.07, 6.45) is 4.34. The van der Waals surface area contributed by atoms with Gasteiger partial charge in [0.25, 0.3) is 5.91 Å². The van der Waals surface area contributed by atoms with Gasteiger partial charge < -0.3 is 24.0 Å². The van der Waals surface area contributed by atoms with E-state index in [-0.39, 0.29) is 25.1 Å². The second-order valence-electron chi connectivity index (χ2n) is 11.0. The van der Waals surface area contributed by atoms with E-state index >= 15 is 0 Å². The number of aliphatic imine (C=N–C) groups is 1. The molecule has 0 bridgehead atoms. The highest BCUT2D eigenvalue weighted by atomic mass is 35.5. The Morgan fingerprint density at radius 3 is 2.22 bits per heavy atom. The maximum absolute atomic E-state index is 11.9. The van der Waals surface area contributed by atoms with Crippen LogP contribution in [0, 0.1) is 0 Å². The Hall–Kier alpha value is -4.16. The first kappa shape index (κ1) is 29.5. The van der Waals surface area contributed by atoms with Crippen molar-refractivity contribution in [1.29, 1.82) is 0 Å². The van der Waals surface area contributed by atoms with Gasteiger partial charge in [0.1, 0.15) is 44.2 Å². The van der Waals surface area contributed by atoms with Crippen LogP contribution in [0.25, 0.3) is 0 Å². The van der Waals surface area contributed by atoms with Crippen molar-refractivity contribution >= 4 is 52.5 Å². The third-order valence-corrected chi connectivity index (χ3v) is 8.69. The lowest BCUT2D eigenvalue weighted by atomic mass is 10.1. The number of rotatable bonds is 9. The van der Waals surface area contributed by atoms with Crippen LogP contribution in [0.15, 0.2) is 84.4 Å². The van der Waals surface area contributed by atoms with Crippen LogP contribution in [0.4, 0.5) is 17.1 Å². The van der Waals surface area contributed by atoms with Gasteiger partial charge in [0.05, 0.1) is 18.0 Å². The molecule has 2 unspecified atom stereocenters. The van der Waals surface area contributed by atoms with Gasteiger partial charge in [-0.3, -0.25) is 14.7 Å². The molecule has 0 radical (unpaired) electrons. The summed E-state index contributed by atoms with van der Waals surface area (Å²) in [5.41, 5.74) is 3.80. The molecule has 45 heavy (non-hydrogen) atoms. The highest BCUT2D eigenvalue weighted by molar-refractivity contribution is 6.35. The molecule has 0 saturated carbocycles. The van der Waals surface area contributed by atoms with Gasteiger partial charge >= 0.3 is 0 Å². The first-order valence-electron chi connectivity index (χ1n) is 14.7. The Morgan fingerprint density at radius 2 is 1.60 bits per heavy atom. The van der Waals surface area contributed by atoms with Crippen LogP contribution in [-0.4, -0.2) is 79.1 Å². The third-order valence-electron chi connectivity index (χ3n) is 8.14. The van der Waals surface area contributed by atoms with E-state index < -0.39 is 5.79 Å². The van der Waals surface area contributed by atoms with Crippen molar-refractivity contribution < 1.29 is 19.0 Å². The topological polar surface area (TPSA) is 97.6 Å². The molecule has 11 nitrogen and oxygen atoms in total. The summed E-state index contributed by atoms with van der Waals surface area (Å²) >= 11 is 12.7. The molecule has 1 aromatic heterocycles. The van der Waals surface area contributed by atoms with E-state index in [9.17, 15) is 4.79 Å². The van der Waals surface area contributed by atoms with Crippen LogP contribution in [-0.2, 0) is 26.6 Å². The number of carbonyl (C=O) groups is 1. The minimum absolute atomic E-state index is 0.00501. The number of anilines is 3. The smallest absolute Gasteiger partial charge is 0.253 e. The van der Waals surface area contributed by atoms with Gasteiger partial charge in [-0.05, 0) is 60.7 Å². The molecule has 0 N–H and O–H groups in total. The number of hydrogen-bond acceptors (Lipinski definition) is 9. The molecule has 1 amide bonds. The van der Waals surface area contributed by atoms with Crippen LogP contribution in [0.2, 0.25) is 10.0 Å². The molecule has 3 aliphatic rings. The molecule has 232 valence electrons. The predicted molar refractivity (Wildman–Crippen MR) is 173 cm³/mol. The van der Waals surface area contributed by atoms with Gasteiger partial charge in [-0.15, -0.1) is 0 Å². The zero-order valence-electron chi connectivity index (χ0n) is 24.3. The zero-order valence-corrected chi connectivity index (χ0v) is 25.8. The predicted octanol–water partition coefficient (Wildman–Crippen LogP) is 4.63. The van der Waals surface area contributed by atoms with Gasteiger partial charge in [0, 0.05) is 53.8 Å². The Morgan fingerprint density at radius 1 is 0.911 bits per heavy atom. The van der Waals surface area contributed by atoms with E-state index in [4.69, 9.17) is 37.4 Å². The minimum Gasteiger partial charge on any atom is -0.491 e. The largest absolute Gasteiger partial charge is 0.491 e. The lowest BCUT2D eigenvalue weighted by Gasteiger charge is -2.37. The average molecular weight is 649 g/mol. The summed E-state index contributed by atoms with van der Waals surface area (Å²) in [5.74, 6) is -0.408. The first-order chi connectivity index (χ1) is 22.0. The highest BCUT2D eigenvalue weighted by Crippen LogP contribution is 2.40. The van der Waals surface area contributed by atoms with Crippen molar-refractivity contribution in [3.05, 3.63) is 95.0 Å². The fourth-order valence-electron chi connectivity index (χ4n) is 5.82. The number of piperazine rings is 1. The van der Waals surface area contributed by atoms with Crippen LogP contribution >= 0.6 is 23.2 Å². The van der Waals surface area contributed by atoms with Gasteiger partial charge in [-0.1, -0.05) is 29.3 Å². The molecule has 2 fully saturated rings. The Labute approximate surface area is 270 Å². The molecule has 4 aromatic rings.